The monoisotopic (exact) mass is 240 g/mol. The Kier molecular flexibility index (Phi) is 4.11. The van der Waals surface area contributed by atoms with Gasteiger partial charge in [0.15, 0.2) is 0 Å². The van der Waals surface area contributed by atoms with Crippen LogP contribution in [0.3, 0.4) is 0 Å². The highest BCUT2D eigenvalue weighted by molar-refractivity contribution is 5.05. The van der Waals surface area contributed by atoms with Crippen LogP contribution in [0.25, 0.3) is 0 Å². The highest BCUT2D eigenvalue weighted by Gasteiger charge is 2.47. The molecule has 3 heteroatoms. The smallest absolute Gasteiger partial charge is 0.0628 e. The topological polar surface area (TPSA) is 35.5 Å². The summed E-state index contributed by atoms with van der Waals surface area (Å²) in [7, 11) is 0. The van der Waals surface area contributed by atoms with Gasteiger partial charge in [-0.3, -0.25) is 4.90 Å². The molecule has 2 aliphatic carbocycles. The Labute approximate surface area is 106 Å². The van der Waals surface area contributed by atoms with Gasteiger partial charge in [-0.05, 0) is 38.1 Å². The SMILES string of the molecule is CCN(CC(CO)(NC(C)C)C1CC1)C1CC1. The van der Waals surface area contributed by atoms with Crippen molar-refractivity contribution in [2.75, 3.05) is 19.7 Å². The van der Waals surface area contributed by atoms with E-state index in [1.807, 2.05) is 0 Å². The molecule has 0 aromatic rings. The van der Waals surface area contributed by atoms with E-state index < -0.39 is 0 Å². The fourth-order valence-electron chi connectivity index (χ4n) is 3.03. The van der Waals surface area contributed by atoms with E-state index in [4.69, 9.17) is 0 Å². The molecule has 0 saturated heterocycles. The average molecular weight is 240 g/mol. The second-order valence-corrected chi connectivity index (χ2v) is 6.18. The van der Waals surface area contributed by atoms with E-state index in [-0.39, 0.29) is 12.1 Å². The molecule has 0 aliphatic heterocycles. The molecule has 0 aromatic carbocycles. The summed E-state index contributed by atoms with van der Waals surface area (Å²) >= 11 is 0. The summed E-state index contributed by atoms with van der Waals surface area (Å²) in [4.78, 5) is 2.56. The van der Waals surface area contributed by atoms with Crippen LogP contribution >= 0.6 is 0 Å². The van der Waals surface area contributed by atoms with Gasteiger partial charge in [0.25, 0.3) is 0 Å². The van der Waals surface area contributed by atoms with E-state index in [2.05, 4.69) is 31.0 Å². The third kappa shape index (κ3) is 3.21. The second kappa shape index (κ2) is 5.25. The molecule has 2 rings (SSSR count). The van der Waals surface area contributed by atoms with Crippen molar-refractivity contribution in [3.05, 3.63) is 0 Å². The van der Waals surface area contributed by atoms with Gasteiger partial charge in [0.1, 0.15) is 0 Å². The predicted molar refractivity (Wildman–Crippen MR) is 71.1 cm³/mol. The number of rotatable bonds is 8. The largest absolute Gasteiger partial charge is 0.394 e. The fourth-order valence-corrected chi connectivity index (χ4v) is 3.03. The standard InChI is InChI=1S/C14H28N2O/c1-4-16(13-7-8-13)9-14(10-17,12-5-6-12)15-11(2)3/h11-13,15,17H,4-10H2,1-3H3. The van der Waals surface area contributed by atoms with Gasteiger partial charge in [-0.2, -0.15) is 0 Å². The molecule has 1 unspecified atom stereocenters. The van der Waals surface area contributed by atoms with Crippen LogP contribution in [0.1, 0.15) is 46.5 Å². The second-order valence-electron chi connectivity index (χ2n) is 6.18. The molecular weight excluding hydrogens is 212 g/mol. The summed E-state index contributed by atoms with van der Waals surface area (Å²) in [6.07, 6.45) is 5.26. The molecular formula is C14H28N2O. The first-order valence-corrected chi connectivity index (χ1v) is 7.24. The van der Waals surface area contributed by atoms with Gasteiger partial charge < -0.3 is 10.4 Å². The third-order valence-corrected chi connectivity index (χ3v) is 4.17. The molecule has 2 fully saturated rings. The summed E-state index contributed by atoms with van der Waals surface area (Å²) < 4.78 is 0. The molecule has 2 N–H and O–H groups in total. The fraction of sp³-hybridized carbons (Fsp3) is 1.00. The summed E-state index contributed by atoms with van der Waals surface area (Å²) in [5.41, 5.74) is -0.0488. The van der Waals surface area contributed by atoms with Crippen LogP contribution in [0.2, 0.25) is 0 Å². The summed E-state index contributed by atoms with van der Waals surface area (Å²) in [5.74, 6) is 0.683. The molecule has 2 saturated carbocycles. The van der Waals surface area contributed by atoms with Crippen molar-refractivity contribution in [3.63, 3.8) is 0 Å². The Balaban J connectivity index is 2.02. The molecule has 1 atom stereocenters. The Hall–Kier alpha value is -0.120. The first-order chi connectivity index (χ1) is 8.11. The zero-order valence-electron chi connectivity index (χ0n) is 11.6. The number of likely N-dealkylation sites (N-methyl/N-ethyl adjacent to an activating group) is 1. The molecule has 3 nitrogen and oxygen atoms in total. The van der Waals surface area contributed by atoms with Gasteiger partial charge >= 0.3 is 0 Å². The molecule has 0 radical (unpaired) electrons. The van der Waals surface area contributed by atoms with Crippen LogP contribution in [0, 0.1) is 5.92 Å². The Morgan fingerprint density at radius 2 is 1.94 bits per heavy atom. The molecule has 100 valence electrons. The van der Waals surface area contributed by atoms with Crippen LogP contribution in [0.5, 0.6) is 0 Å². The van der Waals surface area contributed by atoms with Gasteiger partial charge in [-0.15, -0.1) is 0 Å². The highest BCUT2D eigenvalue weighted by atomic mass is 16.3. The molecule has 0 aromatic heterocycles. The van der Waals surface area contributed by atoms with Crippen molar-refractivity contribution in [3.8, 4) is 0 Å². The molecule has 17 heavy (non-hydrogen) atoms. The van der Waals surface area contributed by atoms with Crippen LogP contribution in [-0.2, 0) is 0 Å². The minimum atomic E-state index is -0.0488. The highest BCUT2D eigenvalue weighted by Crippen LogP contribution is 2.41. The molecule has 0 amide bonds. The van der Waals surface area contributed by atoms with Crippen molar-refractivity contribution in [2.45, 2.75) is 64.1 Å². The minimum Gasteiger partial charge on any atom is -0.394 e. The van der Waals surface area contributed by atoms with Gasteiger partial charge in [0.05, 0.1) is 12.1 Å². The first kappa shape index (κ1) is 13.3. The van der Waals surface area contributed by atoms with Gasteiger partial charge in [0.2, 0.25) is 0 Å². The lowest BCUT2D eigenvalue weighted by molar-refractivity contribution is 0.0824. The number of hydrogen-bond donors (Lipinski definition) is 2. The molecule has 0 bridgehead atoms. The van der Waals surface area contributed by atoms with Crippen molar-refractivity contribution < 1.29 is 5.11 Å². The molecule has 2 aliphatic rings. The maximum Gasteiger partial charge on any atom is 0.0628 e. The normalized spacial score (nSPS) is 24.4. The van der Waals surface area contributed by atoms with E-state index in [9.17, 15) is 5.11 Å². The zero-order valence-corrected chi connectivity index (χ0v) is 11.6. The van der Waals surface area contributed by atoms with Gasteiger partial charge in [-0.1, -0.05) is 20.8 Å². The van der Waals surface area contributed by atoms with Crippen LogP contribution in [0.4, 0.5) is 0 Å². The summed E-state index contributed by atoms with van der Waals surface area (Å²) in [6, 6.07) is 1.24. The number of aliphatic hydroxyl groups excluding tert-OH is 1. The van der Waals surface area contributed by atoms with Crippen molar-refractivity contribution in [2.24, 2.45) is 5.92 Å². The lowest BCUT2D eigenvalue weighted by Crippen LogP contribution is -2.60. The van der Waals surface area contributed by atoms with E-state index in [0.717, 1.165) is 19.1 Å². The van der Waals surface area contributed by atoms with E-state index >= 15 is 0 Å². The first-order valence-electron chi connectivity index (χ1n) is 7.24. The minimum absolute atomic E-state index is 0.0488. The number of hydrogen-bond acceptors (Lipinski definition) is 3. The third-order valence-electron chi connectivity index (χ3n) is 4.17. The molecule has 0 heterocycles. The zero-order chi connectivity index (χ0) is 12.5. The van der Waals surface area contributed by atoms with Crippen molar-refractivity contribution in [1.82, 2.24) is 10.2 Å². The number of nitrogens with one attached hydrogen (secondary N) is 1. The van der Waals surface area contributed by atoms with Gasteiger partial charge in [-0.25, -0.2) is 0 Å². The van der Waals surface area contributed by atoms with Crippen LogP contribution < -0.4 is 5.32 Å². The van der Waals surface area contributed by atoms with E-state index in [1.54, 1.807) is 0 Å². The quantitative estimate of drug-likeness (QED) is 0.676. The Bertz CT molecular complexity index is 249. The van der Waals surface area contributed by atoms with Gasteiger partial charge in [0, 0.05) is 18.6 Å². The van der Waals surface area contributed by atoms with Crippen molar-refractivity contribution >= 4 is 0 Å². The van der Waals surface area contributed by atoms with E-state index in [1.165, 1.54) is 25.7 Å². The summed E-state index contributed by atoms with van der Waals surface area (Å²) in [6.45, 7) is 9.01. The number of aliphatic hydroxyl groups is 1. The molecule has 0 spiro atoms. The Morgan fingerprint density at radius 3 is 2.29 bits per heavy atom. The predicted octanol–water partition coefficient (Wildman–Crippen LogP) is 1.61. The summed E-state index contributed by atoms with van der Waals surface area (Å²) in [5, 5.41) is 13.6. The maximum absolute atomic E-state index is 9.89. The number of nitrogens with zero attached hydrogens (tertiary/aromatic N) is 1. The lowest BCUT2D eigenvalue weighted by Gasteiger charge is -2.40. The lowest BCUT2D eigenvalue weighted by atomic mass is 9.92. The van der Waals surface area contributed by atoms with E-state index in [0.29, 0.717) is 12.0 Å². The Morgan fingerprint density at radius 1 is 1.29 bits per heavy atom. The van der Waals surface area contributed by atoms with Crippen LogP contribution in [0.15, 0.2) is 0 Å². The van der Waals surface area contributed by atoms with Crippen molar-refractivity contribution in [1.29, 1.82) is 0 Å². The maximum atomic E-state index is 9.89. The van der Waals surface area contributed by atoms with Crippen LogP contribution in [-0.4, -0.2) is 47.3 Å². The average Bonchev–Trinajstić information content (AvgIpc) is 3.16.